The van der Waals surface area contributed by atoms with E-state index in [-0.39, 0.29) is 26.2 Å². The van der Waals surface area contributed by atoms with Crippen molar-refractivity contribution in [2.75, 3.05) is 0 Å². The van der Waals surface area contributed by atoms with E-state index in [1.807, 2.05) is 0 Å². The number of rotatable bonds is 0. The van der Waals surface area contributed by atoms with Gasteiger partial charge in [0.1, 0.15) is 0 Å². The van der Waals surface area contributed by atoms with Crippen LogP contribution < -0.4 is 0 Å². The molecule has 0 amide bonds. The van der Waals surface area contributed by atoms with Gasteiger partial charge in [-0.2, -0.15) is 0 Å². The first kappa shape index (κ1) is 9.30. The molecule has 0 heterocycles. The molecule has 0 saturated heterocycles. The number of halogens is 1. The van der Waals surface area contributed by atoms with Crippen molar-refractivity contribution in [1.29, 1.82) is 0 Å². The zero-order valence-electron chi connectivity index (χ0n) is 1.79. The molecule has 4 heteroatoms. The van der Waals surface area contributed by atoms with Crippen LogP contribution >= 0.6 is 13.2 Å². The predicted octanol–water partition coefficient (Wildman–Crippen LogP) is 0.722. The van der Waals surface area contributed by atoms with Crippen LogP contribution in [0.1, 0.15) is 0 Å². The molecule has 0 unspecified atom stereocenters. The van der Waals surface area contributed by atoms with Gasteiger partial charge < -0.3 is 0 Å². The maximum Gasteiger partial charge on any atom is 0 e. The van der Waals surface area contributed by atoms with Crippen molar-refractivity contribution in [2.45, 2.75) is 0 Å². The van der Waals surface area contributed by atoms with Gasteiger partial charge in [0.2, 0.25) is 0 Å². The molecule has 0 rings (SSSR count). The van der Waals surface area contributed by atoms with E-state index in [9.17, 15) is 0 Å². The Balaban J connectivity index is 0. The Morgan fingerprint density at radius 3 is 1.75 bits per heavy atom. The predicted molar refractivity (Wildman–Crippen MR) is 9.61 cm³/mol. The summed E-state index contributed by atoms with van der Waals surface area (Å²) in [7, 11) is 0. The molecule has 0 aliphatic rings. The second-order valence-corrected chi connectivity index (χ2v) is 1.65. The third-order valence-electron chi connectivity index (χ3n) is 0. The van der Waals surface area contributed by atoms with E-state index in [4.69, 9.17) is 3.32 Å². The molecule has 0 aliphatic heterocycles. The maximum atomic E-state index is 8.97. The standard InChI is InChI=1S/BrH.O.Ti.Zr/h1H;;;/q;;+1;/p-1. The summed E-state index contributed by atoms with van der Waals surface area (Å²) in [4.78, 5) is 0. The van der Waals surface area contributed by atoms with Crippen LogP contribution in [-0.2, 0) is 46.6 Å². The third kappa shape index (κ3) is 9.11. The summed E-state index contributed by atoms with van der Waals surface area (Å²) in [5.74, 6) is 0. The summed E-state index contributed by atoms with van der Waals surface area (Å²) in [6, 6.07) is 0. The molecule has 1 nitrogen and oxygen atoms in total. The SMILES string of the molecule is [O]=[Ti][Br].[Zr]. The number of hydrogen-bond acceptors (Lipinski definition) is 1. The summed E-state index contributed by atoms with van der Waals surface area (Å²) in [6.07, 6.45) is 0. The van der Waals surface area contributed by atoms with Gasteiger partial charge in [-0.25, -0.2) is 0 Å². The van der Waals surface area contributed by atoms with Crippen molar-refractivity contribution in [2.24, 2.45) is 0 Å². The molecule has 0 N–H and O–H groups in total. The van der Waals surface area contributed by atoms with E-state index in [1.54, 1.807) is 0 Å². The van der Waals surface area contributed by atoms with Crippen molar-refractivity contribution in [1.82, 2.24) is 0 Å². The van der Waals surface area contributed by atoms with E-state index in [0.29, 0.717) is 0 Å². The first-order valence-electron chi connectivity index (χ1n) is 0.393. The molecule has 4 heavy (non-hydrogen) atoms. The molecule has 0 saturated carbocycles. The minimum absolute atomic E-state index is 0. The third-order valence-corrected chi connectivity index (χ3v) is 0. The average molecular weight is 235 g/mol. The van der Waals surface area contributed by atoms with Crippen LogP contribution in [0.25, 0.3) is 0 Å². The summed E-state index contributed by atoms with van der Waals surface area (Å²) >= 11 is 1.78. The van der Waals surface area contributed by atoms with Crippen LogP contribution in [0.2, 0.25) is 0 Å². The zero-order valence-corrected chi connectivity index (χ0v) is 7.39. The fraction of sp³-hybridized carbons (Fsp3) is 0. The molecular weight excluding hydrogens is 235 g/mol. The largest absolute Gasteiger partial charge is 0 e. The fourth-order valence-corrected chi connectivity index (χ4v) is 0. The Bertz CT molecular complexity index is 15.5. The van der Waals surface area contributed by atoms with Crippen LogP contribution in [-0.4, -0.2) is 0 Å². The molecule has 0 aromatic rings. The minimum atomic E-state index is -0.938. The van der Waals surface area contributed by atoms with E-state index in [1.165, 1.54) is 0 Å². The molecule has 0 spiro atoms. The molecule has 21 valence electrons. The molecule has 0 bridgehead atoms. The minimum Gasteiger partial charge on any atom is 0 e. The molecule has 0 radical (unpaired) electrons. The molecule has 0 aromatic carbocycles. The van der Waals surface area contributed by atoms with Crippen molar-refractivity contribution in [3.05, 3.63) is 0 Å². The Morgan fingerprint density at radius 2 is 1.75 bits per heavy atom. The molecular formula is BrOTiZr. The summed E-state index contributed by atoms with van der Waals surface area (Å²) in [5, 5.41) is 0. The summed E-state index contributed by atoms with van der Waals surface area (Å²) < 4.78 is 8.97. The average Bonchev–Trinajstić information content (AvgIpc) is 0.918. The van der Waals surface area contributed by atoms with Gasteiger partial charge >= 0.3 is 33.5 Å². The van der Waals surface area contributed by atoms with Gasteiger partial charge in [-0.1, -0.05) is 0 Å². The Morgan fingerprint density at radius 1 is 1.75 bits per heavy atom. The van der Waals surface area contributed by atoms with Crippen LogP contribution in [0.4, 0.5) is 0 Å². The summed E-state index contributed by atoms with van der Waals surface area (Å²) in [6.45, 7) is 0. The van der Waals surface area contributed by atoms with Crippen molar-refractivity contribution < 1.29 is 46.6 Å². The molecule has 0 fully saturated rings. The van der Waals surface area contributed by atoms with Crippen molar-refractivity contribution >= 4 is 13.2 Å². The second-order valence-electron chi connectivity index (χ2n) is 0.0772. The topological polar surface area (TPSA) is 17.1 Å². The van der Waals surface area contributed by atoms with Gasteiger partial charge in [-0.05, 0) is 0 Å². The Labute approximate surface area is 59.0 Å². The quantitative estimate of drug-likeness (QED) is 0.565. The van der Waals surface area contributed by atoms with Gasteiger partial charge in [0.05, 0.1) is 0 Å². The monoisotopic (exact) mass is 233 g/mol. The normalized spacial score (nSPS) is 2.25. The molecule has 0 aromatic heterocycles. The van der Waals surface area contributed by atoms with Crippen LogP contribution in [0, 0.1) is 0 Å². The van der Waals surface area contributed by atoms with Crippen molar-refractivity contribution in [3.8, 4) is 0 Å². The van der Waals surface area contributed by atoms with Gasteiger partial charge in [-0.3, -0.25) is 0 Å². The second kappa shape index (κ2) is 8.86. The van der Waals surface area contributed by atoms with Crippen LogP contribution in [0.15, 0.2) is 0 Å². The Hall–Kier alpha value is 1.88. The van der Waals surface area contributed by atoms with E-state index >= 15 is 0 Å². The summed E-state index contributed by atoms with van der Waals surface area (Å²) in [5.41, 5.74) is 0. The first-order chi connectivity index (χ1) is 1.41. The van der Waals surface area contributed by atoms with Crippen LogP contribution in [0.3, 0.4) is 0 Å². The Kier molecular flexibility index (Phi) is 20.6. The number of hydrogen-bond donors (Lipinski definition) is 0. The van der Waals surface area contributed by atoms with Gasteiger partial charge in [0.15, 0.2) is 0 Å². The van der Waals surface area contributed by atoms with Gasteiger partial charge in [0, 0.05) is 26.2 Å². The fourth-order valence-electron chi connectivity index (χ4n) is 0. The first-order valence-corrected chi connectivity index (χ1v) is 4.89. The van der Waals surface area contributed by atoms with E-state index in [2.05, 4.69) is 13.2 Å². The van der Waals surface area contributed by atoms with Crippen molar-refractivity contribution in [3.63, 3.8) is 0 Å². The zero-order chi connectivity index (χ0) is 2.71. The van der Waals surface area contributed by atoms with E-state index < -0.39 is 17.0 Å². The molecule has 0 atom stereocenters. The molecule has 0 aliphatic carbocycles. The van der Waals surface area contributed by atoms with Gasteiger partial charge in [-0.15, -0.1) is 0 Å². The maximum absolute atomic E-state index is 8.97. The van der Waals surface area contributed by atoms with Crippen LogP contribution in [0.5, 0.6) is 0 Å². The van der Waals surface area contributed by atoms with Gasteiger partial charge in [0.25, 0.3) is 0 Å². The van der Waals surface area contributed by atoms with E-state index in [0.717, 1.165) is 0 Å². The smallest absolute Gasteiger partial charge is 0 e.